The van der Waals surface area contributed by atoms with Gasteiger partial charge in [-0.2, -0.15) is 5.26 Å². The molecule has 134 valence electrons. The second-order valence-electron chi connectivity index (χ2n) is 5.38. The number of ether oxygens (including phenoxy) is 2. The summed E-state index contributed by atoms with van der Waals surface area (Å²) in [5, 5.41) is 11.4. The van der Waals surface area contributed by atoms with E-state index in [2.05, 4.69) is 10.1 Å². The maximum absolute atomic E-state index is 13.1. The molecule has 2 aromatic rings. The summed E-state index contributed by atoms with van der Waals surface area (Å²) in [6, 6.07) is 13.1. The average molecular weight is 356 g/mol. The first kappa shape index (κ1) is 18.9. The van der Waals surface area contributed by atoms with Gasteiger partial charge >= 0.3 is 5.97 Å². The van der Waals surface area contributed by atoms with Gasteiger partial charge in [0, 0.05) is 0 Å². The Hall–Kier alpha value is -3.40. The van der Waals surface area contributed by atoms with Gasteiger partial charge in [-0.1, -0.05) is 12.1 Å². The molecular weight excluding hydrogens is 339 g/mol. The number of hydrogen-bond acceptors (Lipinski definition) is 5. The lowest BCUT2D eigenvalue weighted by atomic mass is 10.0. The molecule has 0 heterocycles. The predicted molar refractivity (Wildman–Crippen MR) is 90.6 cm³/mol. The van der Waals surface area contributed by atoms with Gasteiger partial charge in [-0.15, -0.1) is 0 Å². The molecule has 2 rings (SSSR count). The van der Waals surface area contributed by atoms with Gasteiger partial charge in [-0.3, -0.25) is 9.59 Å². The van der Waals surface area contributed by atoms with Crippen molar-refractivity contribution in [2.75, 3.05) is 13.7 Å². The molecule has 0 saturated heterocycles. The Morgan fingerprint density at radius 2 is 1.81 bits per heavy atom. The molecule has 0 aromatic heterocycles. The van der Waals surface area contributed by atoms with Crippen molar-refractivity contribution in [2.24, 2.45) is 0 Å². The van der Waals surface area contributed by atoms with Crippen LogP contribution in [-0.2, 0) is 14.3 Å². The molecule has 1 N–H and O–H groups in total. The van der Waals surface area contributed by atoms with Crippen molar-refractivity contribution in [2.45, 2.75) is 12.5 Å². The van der Waals surface area contributed by atoms with E-state index in [1.807, 2.05) is 6.07 Å². The van der Waals surface area contributed by atoms with Crippen LogP contribution in [0.1, 0.15) is 23.6 Å². The van der Waals surface area contributed by atoms with Crippen LogP contribution in [0.4, 0.5) is 4.39 Å². The van der Waals surface area contributed by atoms with Crippen molar-refractivity contribution in [1.29, 1.82) is 5.26 Å². The van der Waals surface area contributed by atoms with Gasteiger partial charge in [0.2, 0.25) is 0 Å². The van der Waals surface area contributed by atoms with Crippen molar-refractivity contribution in [3.63, 3.8) is 0 Å². The van der Waals surface area contributed by atoms with E-state index in [-0.39, 0.29) is 13.0 Å². The Morgan fingerprint density at radius 1 is 1.15 bits per heavy atom. The molecule has 1 amide bonds. The first-order chi connectivity index (χ1) is 12.5. The van der Waals surface area contributed by atoms with Crippen LogP contribution in [0.2, 0.25) is 0 Å². The first-order valence-electron chi connectivity index (χ1n) is 7.76. The van der Waals surface area contributed by atoms with E-state index in [9.17, 15) is 14.0 Å². The van der Waals surface area contributed by atoms with Gasteiger partial charge in [-0.25, -0.2) is 4.39 Å². The molecular formula is C19H17FN2O4. The van der Waals surface area contributed by atoms with E-state index in [0.717, 1.165) is 0 Å². The van der Waals surface area contributed by atoms with Crippen LogP contribution in [0.5, 0.6) is 5.75 Å². The van der Waals surface area contributed by atoms with Crippen molar-refractivity contribution < 1.29 is 23.5 Å². The van der Waals surface area contributed by atoms with E-state index >= 15 is 0 Å². The van der Waals surface area contributed by atoms with E-state index in [1.54, 1.807) is 24.3 Å². The first-order valence-corrected chi connectivity index (χ1v) is 7.76. The fourth-order valence-corrected chi connectivity index (χ4v) is 2.21. The van der Waals surface area contributed by atoms with Crippen molar-refractivity contribution in [3.8, 4) is 11.8 Å². The number of methoxy groups -OCH3 is 1. The van der Waals surface area contributed by atoms with Gasteiger partial charge in [0.25, 0.3) is 5.91 Å². The molecule has 6 nitrogen and oxygen atoms in total. The second kappa shape index (κ2) is 9.18. The Balaban J connectivity index is 1.99. The Kier molecular flexibility index (Phi) is 6.68. The number of halogens is 1. The van der Waals surface area contributed by atoms with Crippen LogP contribution < -0.4 is 10.1 Å². The molecule has 0 unspecified atom stereocenters. The third-order valence-corrected chi connectivity index (χ3v) is 3.56. The highest BCUT2D eigenvalue weighted by molar-refractivity contribution is 5.79. The topological polar surface area (TPSA) is 88.4 Å². The maximum Gasteiger partial charge on any atom is 0.307 e. The lowest BCUT2D eigenvalue weighted by Gasteiger charge is -2.18. The Morgan fingerprint density at radius 3 is 2.38 bits per heavy atom. The molecule has 26 heavy (non-hydrogen) atoms. The number of nitriles is 1. The fraction of sp³-hybridized carbons (Fsp3) is 0.211. The minimum absolute atomic E-state index is 0.0925. The summed E-state index contributed by atoms with van der Waals surface area (Å²) >= 11 is 0. The maximum atomic E-state index is 13.1. The fourth-order valence-electron chi connectivity index (χ4n) is 2.21. The summed E-state index contributed by atoms with van der Waals surface area (Å²) in [5.41, 5.74) is 1.06. The number of esters is 1. The highest BCUT2D eigenvalue weighted by Gasteiger charge is 2.19. The van der Waals surface area contributed by atoms with Crippen LogP contribution >= 0.6 is 0 Å². The molecule has 0 bridgehead atoms. The second-order valence-corrected chi connectivity index (χ2v) is 5.38. The van der Waals surface area contributed by atoms with Gasteiger partial charge in [0.15, 0.2) is 6.61 Å². The highest BCUT2D eigenvalue weighted by Crippen LogP contribution is 2.18. The van der Waals surface area contributed by atoms with E-state index in [0.29, 0.717) is 16.9 Å². The number of nitrogens with zero attached hydrogens (tertiary/aromatic N) is 1. The summed E-state index contributed by atoms with van der Waals surface area (Å²) in [6.07, 6.45) is -0.0925. The highest BCUT2D eigenvalue weighted by atomic mass is 19.1. The normalized spacial score (nSPS) is 11.1. The Labute approximate surface area is 150 Å². The number of carbonyl (C=O) groups excluding carboxylic acids is 2. The van der Waals surface area contributed by atoms with Gasteiger partial charge in [-0.05, 0) is 42.0 Å². The van der Waals surface area contributed by atoms with Crippen molar-refractivity contribution >= 4 is 11.9 Å². The lowest BCUT2D eigenvalue weighted by molar-refractivity contribution is -0.141. The van der Waals surface area contributed by atoms with E-state index < -0.39 is 23.7 Å². The smallest absolute Gasteiger partial charge is 0.307 e. The van der Waals surface area contributed by atoms with Crippen LogP contribution in [0.25, 0.3) is 0 Å². The number of benzene rings is 2. The summed E-state index contributed by atoms with van der Waals surface area (Å²) in [6.45, 7) is -0.273. The minimum Gasteiger partial charge on any atom is -0.484 e. The number of rotatable bonds is 7. The van der Waals surface area contributed by atoms with Crippen LogP contribution in [-0.4, -0.2) is 25.6 Å². The molecule has 0 aliphatic heterocycles. The van der Waals surface area contributed by atoms with Gasteiger partial charge in [0.05, 0.1) is 31.2 Å². The van der Waals surface area contributed by atoms with E-state index in [1.165, 1.54) is 31.4 Å². The molecule has 0 aliphatic carbocycles. The molecule has 2 aromatic carbocycles. The van der Waals surface area contributed by atoms with Crippen LogP contribution in [0, 0.1) is 17.1 Å². The molecule has 0 fully saturated rings. The number of carbonyl (C=O) groups is 2. The predicted octanol–water partition coefficient (Wildman–Crippen LogP) is 2.50. The third kappa shape index (κ3) is 5.60. The number of hydrogen-bond donors (Lipinski definition) is 1. The number of nitrogens with one attached hydrogen (secondary N) is 1. The molecule has 1 atom stereocenters. The lowest BCUT2D eigenvalue weighted by Crippen LogP contribution is -2.34. The zero-order valence-corrected chi connectivity index (χ0v) is 14.1. The quantitative estimate of drug-likeness (QED) is 0.770. The van der Waals surface area contributed by atoms with Crippen LogP contribution in [0.3, 0.4) is 0 Å². The Bertz CT molecular complexity index is 798. The van der Waals surface area contributed by atoms with Crippen molar-refractivity contribution in [1.82, 2.24) is 5.32 Å². The van der Waals surface area contributed by atoms with E-state index in [4.69, 9.17) is 10.00 Å². The standard InChI is InChI=1S/C19H17FN2O4/c1-25-19(24)10-17(14-4-6-15(20)7-5-14)22-18(23)12-26-16-8-2-13(11-21)3-9-16/h2-9,17H,10,12H2,1H3,(H,22,23)/t17-/m0/s1. The molecule has 0 radical (unpaired) electrons. The zero-order chi connectivity index (χ0) is 18.9. The van der Waals surface area contributed by atoms with Gasteiger partial charge in [0.1, 0.15) is 11.6 Å². The summed E-state index contributed by atoms with van der Waals surface area (Å²) in [5.74, 6) is -0.938. The SMILES string of the molecule is COC(=O)C[C@H](NC(=O)COc1ccc(C#N)cc1)c1ccc(F)cc1. The summed E-state index contributed by atoms with van der Waals surface area (Å²) in [7, 11) is 1.25. The summed E-state index contributed by atoms with van der Waals surface area (Å²) < 4.78 is 23.1. The van der Waals surface area contributed by atoms with Crippen molar-refractivity contribution in [3.05, 3.63) is 65.5 Å². The molecule has 0 aliphatic rings. The average Bonchev–Trinajstić information content (AvgIpc) is 2.66. The monoisotopic (exact) mass is 356 g/mol. The minimum atomic E-state index is -0.667. The zero-order valence-electron chi connectivity index (χ0n) is 14.1. The molecule has 0 saturated carbocycles. The largest absolute Gasteiger partial charge is 0.484 e. The van der Waals surface area contributed by atoms with Crippen LogP contribution in [0.15, 0.2) is 48.5 Å². The van der Waals surface area contributed by atoms with Gasteiger partial charge < -0.3 is 14.8 Å². The molecule has 0 spiro atoms. The summed E-state index contributed by atoms with van der Waals surface area (Å²) in [4.78, 5) is 23.7. The number of amides is 1. The molecule has 7 heteroatoms. The third-order valence-electron chi connectivity index (χ3n) is 3.56.